The normalized spacial score (nSPS) is 31.9. The van der Waals surface area contributed by atoms with Gasteiger partial charge >= 0.3 is 0 Å². The Morgan fingerprint density at radius 2 is 1.65 bits per heavy atom. The summed E-state index contributed by atoms with van der Waals surface area (Å²) >= 11 is 0. The van der Waals surface area contributed by atoms with Gasteiger partial charge in [0.25, 0.3) is 5.91 Å². The molecule has 31 heavy (non-hydrogen) atoms. The van der Waals surface area contributed by atoms with Crippen molar-refractivity contribution >= 4 is 11.6 Å². The first-order valence-corrected chi connectivity index (χ1v) is 12.5. The zero-order valence-corrected chi connectivity index (χ0v) is 18.4. The maximum absolute atomic E-state index is 13.1. The minimum absolute atomic E-state index is 0.125. The van der Waals surface area contributed by atoms with Crippen LogP contribution >= 0.6 is 0 Å². The molecule has 1 amide bonds. The van der Waals surface area contributed by atoms with E-state index in [1.54, 1.807) is 0 Å². The van der Waals surface area contributed by atoms with Crippen LogP contribution in [0.5, 0.6) is 0 Å². The molecule has 2 aromatic rings. The molecule has 0 aromatic heterocycles. The van der Waals surface area contributed by atoms with Gasteiger partial charge in [0.2, 0.25) is 0 Å². The van der Waals surface area contributed by atoms with E-state index in [2.05, 4.69) is 53.1 Å². The molecule has 3 aliphatic carbocycles. The second kappa shape index (κ2) is 8.00. The first-order valence-electron chi connectivity index (χ1n) is 12.5. The molecule has 2 aromatic carbocycles. The van der Waals surface area contributed by atoms with Crippen LogP contribution in [0.25, 0.3) is 0 Å². The lowest BCUT2D eigenvalue weighted by Gasteiger charge is -2.43. The first-order chi connectivity index (χ1) is 15.3. The largest absolute Gasteiger partial charge is 0.378 e. The maximum atomic E-state index is 13.1. The Morgan fingerprint density at radius 1 is 0.871 bits per heavy atom. The molecule has 0 spiro atoms. The van der Waals surface area contributed by atoms with Gasteiger partial charge in [-0.2, -0.15) is 0 Å². The van der Waals surface area contributed by atoms with Crippen molar-refractivity contribution in [3.05, 3.63) is 65.2 Å². The minimum Gasteiger partial charge on any atom is -0.378 e. The lowest BCUT2D eigenvalue weighted by Crippen LogP contribution is -2.36. The molecule has 2 bridgehead atoms. The molecule has 1 heterocycles. The Hall–Kier alpha value is -2.29. The molecule has 5 atom stereocenters. The average molecular weight is 415 g/mol. The third-order valence-electron chi connectivity index (χ3n) is 8.70. The number of nitrogens with one attached hydrogen (secondary N) is 2. The predicted octanol–water partition coefficient (Wildman–Crippen LogP) is 6.44. The molecular weight excluding hydrogens is 380 g/mol. The summed E-state index contributed by atoms with van der Waals surface area (Å²) in [5.74, 6) is 2.95. The Kier molecular flexibility index (Phi) is 5.01. The predicted molar refractivity (Wildman–Crippen MR) is 125 cm³/mol. The molecule has 3 nitrogen and oxygen atoms in total. The van der Waals surface area contributed by atoms with E-state index in [1.807, 2.05) is 6.07 Å². The van der Waals surface area contributed by atoms with Crippen LogP contribution in [-0.2, 0) is 0 Å². The SMILES string of the molecule is O=C(NC1CCCCCC1)c1ccc2c(c1)[C@@H]1[C@H]3CC[C@@H](C3)[C@H]1[C@H](c1ccccc1)N2. The number of carbonyl (C=O) groups is 1. The van der Waals surface area contributed by atoms with Crippen molar-refractivity contribution in [2.75, 3.05) is 5.32 Å². The summed E-state index contributed by atoms with van der Waals surface area (Å²) in [4.78, 5) is 13.1. The quantitative estimate of drug-likeness (QED) is 0.568. The van der Waals surface area contributed by atoms with E-state index in [4.69, 9.17) is 0 Å². The van der Waals surface area contributed by atoms with E-state index in [9.17, 15) is 4.79 Å². The number of anilines is 1. The van der Waals surface area contributed by atoms with E-state index in [-0.39, 0.29) is 5.91 Å². The van der Waals surface area contributed by atoms with Crippen molar-refractivity contribution < 1.29 is 4.79 Å². The van der Waals surface area contributed by atoms with Gasteiger partial charge in [0.1, 0.15) is 0 Å². The van der Waals surface area contributed by atoms with E-state index < -0.39 is 0 Å². The van der Waals surface area contributed by atoms with Gasteiger partial charge in [-0.3, -0.25) is 4.79 Å². The van der Waals surface area contributed by atoms with E-state index in [0.29, 0.717) is 23.9 Å². The monoisotopic (exact) mass is 414 g/mol. The summed E-state index contributed by atoms with van der Waals surface area (Å²) < 4.78 is 0. The molecule has 2 N–H and O–H groups in total. The molecular formula is C28H34N2O. The van der Waals surface area contributed by atoms with Gasteiger partial charge < -0.3 is 10.6 Å². The third-order valence-corrected chi connectivity index (χ3v) is 8.70. The zero-order valence-electron chi connectivity index (χ0n) is 18.4. The van der Waals surface area contributed by atoms with Crippen molar-refractivity contribution in [1.29, 1.82) is 0 Å². The molecule has 0 radical (unpaired) electrons. The van der Waals surface area contributed by atoms with Crippen molar-refractivity contribution in [2.45, 2.75) is 75.8 Å². The molecule has 3 fully saturated rings. The second-order valence-electron chi connectivity index (χ2n) is 10.4. The first kappa shape index (κ1) is 19.4. The van der Waals surface area contributed by atoms with Gasteiger partial charge in [-0.1, -0.05) is 56.0 Å². The number of fused-ring (bicyclic) bond motifs is 7. The van der Waals surface area contributed by atoms with E-state index in [0.717, 1.165) is 30.2 Å². The standard InChI is InChI=1S/C28H34N2O/c31-28(29-22-10-6-1-2-7-11-22)21-14-15-24-23(17-21)25-19-12-13-20(16-19)26(25)27(30-24)18-8-4-3-5-9-18/h3-5,8-9,14-15,17,19-20,22,25-27,30H,1-2,6-7,10-13,16H2,(H,29,31)/t19-,20-,25-,26+,27-/m0/s1. The molecule has 1 aliphatic heterocycles. The smallest absolute Gasteiger partial charge is 0.251 e. The topological polar surface area (TPSA) is 41.1 Å². The van der Waals surface area contributed by atoms with E-state index in [1.165, 1.54) is 61.8 Å². The summed E-state index contributed by atoms with van der Waals surface area (Å²) in [5, 5.41) is 7.24. The highest BCUT2D eigenvalue weighted by Gasteiger charge is 2.53. The fourth-order valence-corrected chi connectivity index (χ4v) is 7.31. The van der Waals surface area contributed by atoms with Crippen LogP contribution in [0, 0.1) is 17.8 Å². The maximum Gasteiger partial charge on any atom is 0.251 e. The molecule has 3 heteroatoms. The number of hydrogen-bond donors (Lipinski definition) is 2. The van der Waals surface area contributed by atoms with Crippen LogP contribution in [0.3, 0.4) is 0 Å². The number of amides is 1. The number of carbonyl (C=O) groups excluding carboxylic acids is 1. The van der Waals surface area contributed by atoms with Crippen LogP contribution in [-0.4, -0.2) is 11.9 Å². The van der Waals surface area contributed by atoms with Crippen LogP contribution in [0.1, 0.15) is 91.2 Å². The zero-order chi connectivity index (χ0) is 20.8. The summed E-state index contributed by atoms with van der Waals surface area (Å²) in [6, 6.07) is 18.2. The van der Waals surface area contributed by atoms with Gasteiger partial charge in [-0.05, 0) is 85.1 Å². The highest BCUT2D eigenvalue weighted by atomic mass is 16.1. The molecule has 0 saturated heterocycles. The van der Waals surface area contributed by atoms with Gasteiger partial charge in [-0.25, -0.2) is 0 Å². The van der Waals surface area contributed by atoms with Gasteiger partial charge in [-0.15, -0.1) is 0 Å². The molecule has 4 aliphatic rings. The van der Waals surface area contributed by atoms with Gasteiger partial charge in [0, 0.05) is 17.3 Å². The van der Waals surface area contributed by atoms with Gasteiger partial charge in [0.05, 0.1) is 6.04 Å². The highest BCUT2D eigenvalue weighted by molar-refractivity contribution is 5.95. The Balaban J connectivity index is 1.30. The number of rotatable bonds is 3. The lowest BCUT2D eigenvalue weighted by molar-refractivity contribution is 0.0933. The Labute approximate surface area is 186 Å². The summed E-state index contributed by atoms with van der Waals surface area (Å²) in [6.07, 6.45) is 11.4. The van der Waals surface area contributed by atoms with Crippen molar-refractivity contribution in [2.24, 2.45) is 17.8 Å². The van der Waals surface area contributed by atoms with Crippen LogP contribution in [0.4, 0.5) is 5.69 Å². The fourth-order valence-electron chi connectivity index (χ4n) is 7.31. The second-order valence-corrected chi connectivity index (χ2v) is 10.4. The van der Waals surface area contributed by atoms with Crippen molar-refractivity contribution in [3.63, 3.8) is 0 Å². The lowest BCUT2D eigenvalue weighted by atomic mass is 9.68. The highest BCUT2D eigenvalue weighted by Crippen LogP contribution is 2.63. The molecule has 162 valence electrons. The fraction of sp³-hybridized carbons (Fsp3) is 0.536. The van der Waals surface area contributed by atoms with Crippen molar-refractivity contribution in [3.8, 4) is 0 Å². The van der Waals surface area contributed by atoms with Gasteiger partial charge in [0.15, 0.2) is 0 Å². The van der Waals surface area contributed by atoms with E-state index >= 15 is 0 Å². The number of hydrogen-bond acceptors (Lipinski definition) is 2. The Morgan fingerprint density at radius 3 is 2.45 bits per heavy atom. The van der Waals surface area contributed by atoms with Crippen LogP contribution in [0.2, 0.25) is 0 Å². The third kappa shape index (κ3) is 3.46. The van der Waals surface area contributed by atoms with Crippen LogP contribution < -0.4 is 10.6 Å². The van der Waals surface area contributed by atoms with Crippen molar-refractivity contribution in [1.82, 2.24) is 5.32 Å². The molecule has 0 unspecified atom stereocenters. The minimum atomic E-state index is 0.125. The average Bonchev–Trinajstić information content (AvgIpc) is 3.34. The molecule has 3 saturated carbocycles. The Bertz CT molecular complexity index is 947. The summed E-state index contributed by atoms with van der Waals surface area (Å²) in [6.45, 7) is 0. The summed E-state index contributed by atoms with van der Waals surface area (Å²) in [5.41, 5.74) is 4.90. The summed E-state index contributed by atoms with van der Waals surface area (Å²) in [7, 11) is 0. The number of benzene rings is 2. The van der Waals surface area contributed by atoms with Crippen LogP contribution in [0.15, 0.2) is 48.5 Å². The molecule has 6 rings (SSSR count).